The Balaban J connectivity index is 3.16. The maximum absolute atomic E-state index is 10.7. The fourth-order valence-corrected chi connectivity index (χ4v) is 1.24. The van der Waals surface area contributed by atoms with E-state index in [0.29, 0.717) is 17.1 Å². The number of methoxy groups -OCH3 is 2. The van der Waals surface area contributed by atoms with Gasteiger partial charge in [0.1, 0.15) is 17.5 Å². The Kier molecular flexibility index (Phi) is 3.51. The number of ether oxygens (including phenoxy) is 2. The number of carbonyl (C=O) groups excluding carboxylic acids is 1. The number of carboxylic acid groups (broad SMARTS) is 1. The van der Waals surface area contributed by atoms with Crippen LogP contribution in [0.4, 0.5) is 0 Å². The van der Waals surface area contributed by atoms with Gasteiger partial charge in [0.2, 0.25) is 0 Å². The van der Waals surface area contributed by atoms with E-state index in [4.69, 9.17) is 9.47 Å². The summed E-state index contributed by atoms with van der Waals surface area (Å²) in [4.78, 5) is 10.7. The van der Waals surface area contributed by atoms with Crippen molar-refractivity contribution >= 4 is 5.97 Å². The van der Waals surface area contributed by atoms with Crippen LogP contribution >= 0.6 is 0 Å². The van der Waals surface area contributed by atoms with Gasteiger partial charge in [0, 0.05) is 0 Å². The van der Waals surface area contributed by atoms with Gasteiger partial charge < -0.3 is 25.1 Å². The van der Waals surface area contributed by atoms with Crippen LogP contribution in [-0.4, -0.2) is 20.2 Å². The zero-order valence-electron chi connectivity index (χ0n) is 8.65. The standard InChI is InChI=1S/C10H13NO4/c1-14-6-3-4-8(15-2)7(5-6)9(11)10(12)13/h3-5,9H,11H2,1-2H3,(H,12,13)/t9-/m0/s1. The van der Waals surface area contributed by atoms with Crippen molar-refractivity contribution in [3.05, 3.63) is 23.8 Å². The maximum Gasteiger partial charge on any atom is 0.154 e. The van der Waals surface area contributed by atoms with Crippen molar-refractivity contribution in [3.63, 3.8) is 0 Å². The highest BCUT2D eigenvalue weighted by atomic mass is 16.5. The molecule has 0 aliphatic carbocycles. The normalized spacial score (nSPS) is 11.9. The molecule has 3 N–H and O–H groups in total. The summed E-state index contributed by atoms with van der Waals surface area (Å²) in [6.45, 7) is 0. The SMILES string of the molecule is COc1ccc(OC)c([C@H]([NH3+])C(=O)[O-])c1. The lowest BCUT2D eigenvalue weighted by molar-refractivity contribution is -0.443. The van der Waals surface area contributed by atoms with Gasteiger partial charge in [-0.05, 0) is 18.2 Å². The van der Waals surface area contributed by atoms with Gasteiger partial charge in [0.15, 0.2) is 6.04 Å². The van der Waals surface area contributed by atoms with E-state index in [0.717, 1.165) is 0 Å². The van der Waals surface area contributed by atoms with Crippen LogP contribution in [-0.2, 0) is 4.79 Å². The van der Waals surface area contributed by atoms with Gasteiger partial charge in [0.25, 0.3) is 0 Å². The third-order valence-electron chi connectivity index (χ3n) is 2.10. The molecule has 0 fully saturated rings. The van der Waals surface area contributed by atoms with Crippen LogP contribution in [0.1, 0.15) is 11.6 Å². The summed E-state index contributed by atoms with van der Waals surface area (Å²) < 4.78 is 10.0. The second-order valence-corrected chi connectivity index (χ2v) is 2.98. The molecule has 0 aliphatic rings. The van der Waals surface area contributed by atoms with Crippen molar-refractivity contribution in [1.82, 2.24) is 0 Å². The summed E-state index contributed by atoms with van der Waals surface area (Å²) in [5.74, 6) is -0.234. The minimum Gasteiger partial charge on any atom is -0.544 e. The lowest BCUT2D eigenvalue weighted by Crippen LogP contribution is -2.61. The van der Waals surface area contributed by atoms with E-state index in [2.05, 4.69) is 5.73 Å². The van der Waals surface area contributed by atoms with E-state index >= 15 is 0 Å². The highest BCUT2D eigenvalue weighted by Gasteiger charge is 2.17. The second kappa shape index (κ2) is 4.65. The molecule has 0 spiro atoms. The van der Waals surface area contributed by atoms with Gasteiger partial charge in [-0.3, -0.25) is 0 Å². The highest BCUT2D eigenvalue weighted by molar-refractivity contribution is 5.73. The molecule has 0 bridgehead atoms. The predicted octanol–water partition coefficient (Wildman–Crippen LogP) is -1.26. The number of carboxylic acids is 1. The Morgan fingerprint density at radius 1 is 1.40 bits per heavy atom. The second-order valence-electron chi connectivity index (χ2n) is 2.98. The van der Waals surface area contributed by atoms with Crippen molar-refractivity contribution in [3.8, 4) is 11.5 Å². The first-order valence-corrected chi connectivity index (χ1v) is 4.36. The molecule has 5 heteroatoms. The minimum absolute atomic E-state index is 0.442. The molecular weight excluding hydrogens is 198 g/mol. The van der Waals surface area contributed by atoms with Crippen molar-refractivity contribution in [2.45, 2.75) is 6.04 Å². The molecule has 1 aromatic carbocycles. The molecule has 0 aliphatic heterocycles. The Hall–Kier alpha value is -1.75. The third kappa shape index (κ3) is 2.38. The molecule has 15 heavy (non-hydrogen) atoms. The van der Waals surface area contributed by atoms with E-state index in [1.165, 1.54) is 14.2 Å². The number of hydrogen-bond donors (Lipinski definition) is 1. The number of quaternary nitrogens is 1. The number of benzene rings is 1. The monoisotopic (exact) mass is 211 g/mol. The molecule has 0 saturated carbocycles. The molecule has 0 saturated heterocycles. The average molecular weight is 211 g/mol. The number of carbonyl (C=O) groups is 1. The molecule has 1 rings (SSSR count). The van der Waals surface area contributed by atoms with Crippen LogP contribution in [0.25, 0.3) is 0 Å². The topological polar surface area (TPSA) is 86.2 Å². The minimum atomic E-state index is -1.25. The molecule has 1 aromatic rings. The van der Waals surface area contributed by atoms with Gasteiger partial charge in [-0.25, -0.2) is 0 Å². The largest absolute Gasteiger partial charge is 0.544 e. The number of rotatable bonds is 4. The lowest BCUT2D eigenvalue weighted by atomic mass is 10.1. The smallest absolute Gasteiger partial charge is 0.154 e. The maximum atomic E-state index is 10.7. The summed E-state index contributed by atoms with van der Waals surface area (Å²) in [5, 5.41) is 10.7. The highest BCUT2D eigenvalue weighted by Crippen LogP contribution is 2.27. The van der Waals surface area contributed by atoms with Crippen LogP contribution in [0.5, 0.6) is 11.5 Å². The van der Waals surface area contributed by atoms with Gasteiger partial charge >= 0.3 is 0 Å². The van der Waals surface area contributed by atoms with E-state index < -0.39 is 12.0 Å². The van der Waals surface area contributed by atoms with E-state index in [9.17, 15) is 9.90 Å². The van der Waals surface area contributed by atoms with Gasteiger partial charge in [0.05, 0.1) is 19.8 Å². The third-order valence-corrected chi connectivity index (χ3v) is 2.10. The van der Waals surface area contributed by atoms with E-state index in [1.807, 2.05) is 0 Å². The zero-order chi connectivity index (χ0) is 11.4. The Bertz CT molecular complexity index is 364. The molecule has 1 atom stereocenters. The van der Waals surface area contributed by atoms with Crippen LogP contribution < -0.4 is 20.3 Å². The molecule has 0 unspecified atom stereocenters. The van der Waals surface area contributed by atoms with Crippen molar-refractivity contribution < 1.29 is 25.1 Å². The van der Waals surface area contributed by atoms with Gasteiger partial charge in [-0.15, -0.1) is 0 Å². The summed E-state index contributed by atoms with van der Waals surface area (Å²) in [7, 11) is 2.97. The molecule has 0 radical (unpaired) electrons. The molecule has 5 nitrogen and oxygen atoms in total. The Morgan fingerprint density at radius 3 is 2.53 bits per heavy atom. The van der Waals surface area contributed by atoms with Crippen LogP contribution in [0.2, 0.25) is 0 Å². The van der Waals surface area contributed by atoms with Crippen molar-refractivity contribution in [2.75, 3.05) is 14.2 Å². The molecule has 0 heterocycles. The predicted molar refractivity (Wildman–Crippen MR) is 50.2 cm³/mol. The van der Waals surface area contributed by atoms with Crippen LogP contribution in [0.3, 0.4) is 0 Å². The first-order chi connectivity index (χ1) is 7.10. The summed E-state index contributed by atoms with van der Waals surface area (Å²) in [6, 6.07) is 3.92. The van der Waals surface area contributed by atoms with Gasteiger partial charge in [-0.2, -0.15) is 0 Å². The summed E-state index contributed by atoms with van der Waals surface area (Å²) >= 11 is 0. The molecular formula is C10H13NO4. The lowest BCUT2D eigenvalue weighted by Gasteiger charge is -2.14. The summed E-state index contributed by atoms with van der Waals surface area (Å²) in [6.07, 6.45) is 0. The quantitative estimate of drug-likeness (QED) is 0.673. The molecule has 0 aromatic heterocycles. The average Bonchev–Trinajstić information content (AvgIpc) is 2.27. The first kappa shape index (κ1) is 11.3. The fourth-order valence-electron chi connectivity index (χ4n) is 1.24. The van der Waals surface area contributed by atoms with E-state index in [1.54, 1.807) is 18.2 Å². The molecule has 82 valence electrons. The molecule has 0 amide bonds. The number of aliphatic carboxylic acids is 1. The fraction of sp³-hybridized carbons (Fsp3) is 0.300. The van der Waals surface area contributed by atoms with E-state index in [-0.39, 0.29) is 0 Å². The van der Waals surface area contributed by atoms with Crippen molar-refractivity contribution in [2.24, 2.45) is 0 Å². The first-order valence-electron chi connectivity index (χ1n) is 4.36. The van der Waals surface area contributed by atoms with Gasteiger partial charge in [-0.1, -0.05) is 0 Å². The zero-order valence-corrected chi connectivity index (χ0v) is 8.65. The van der Waals surface area contributed by atoms with Crippen LogP contribution in [0.15, 0.2) is 18.2 Å². The number of hydrogen-bond acceptors (Lipinski definition) is 4. The Morgan fingerprint density at radius 2 is 2.07 bits per heavy atom. The van der Waals surface area contributed by atoms with Crippen LogP contribution in [0, 0.1) is 0 Å². The summed E-state index contributed by atoms with van der Waals surface area (Å²) in [5.41, 5.74) is 3.94. The Labute approximate surface area is 87.4 Å². The van der Waals surface area contributed by atoms with Crippen molar-refractivity contribution in [1.29, 1.82) is 0 Å².